The molecule has 3 fully saturated rings. The molecule has 36 heavy (non-hydrogen) atoms. The Morgan fingerprint density at radius 3 is 2.44 bits per heavy atom. The van der Waals surface area contributed by atoms with E-state index in [0.717, 1.165) is 53.2 Å². The summed E-state index contributed by atoms with van der Waals surface area (Å²) in [4.78, 5) is 30.2. The molecule has 2 saturated carbocycles. The summed E-state index contributed by atoms with van der Waals surface area (Å²) >= 11 is 0. The number of rotatable bonds is 7. The van der Waals surface area contributed by atoms with Crippen LogP contribution in [0.2, 0.25) is 0 Å². The SMILES string of the molecule is CCc1c(C)c2cnc(Nc3ccc(C4CCN(CC5CC5)CC4)cn3)nc2n(C2CCCC2)c1=O. The van der Waals surface area contributed by atoms with Crippen molar-refractivity contribution < 1.29 is 0 Å². The minimum Gasteiger partial charge on any atom is -0.309 e. The van der Waals surface area contributed by atoms with Crippen molar-refractivity contribution in [2.24, 2.45) is 5.92 Å². The molecule has 0 radical (unpaired) electrons. The number of anilines is 2. The molecule has 0 unspecified atom stereocenters. The van der Waals surface area contributed by atoms with Gasteiger partial charge in [-0.2, -0.15) is 4.98 Å². The van der Waals surface area contributed by atoms with Gasteiger partial charge in [0.1, 0.15) is 11.5 Å². The quantitative estimate of drug-likeness (QED) is 0.475. The second-order valence-corrected chi connectivity index (χ2v) is 11.1. The number of nitrogens with zero attached hydrogens (tertiary/aromatic N) is 5. The van der Waals surface area contributed by atoms with Gasteiger partial charge in [-0.25, -0.2) is 9.97 Å². The lowest BCUT2D eigenvalue weighted by Crippen LogP contribution is -2.34. The van der Waals surface area contributed by atoms with E-state index in [0.29, 0.717) is 11.9 Å². The van der Waals surface area contributed by atoms with Crippen molar-refractivity contribution in [3.63, 3.8) is 0 Å². The van der Waals surface area contributed by atoms with E-state index < -0.39 is 0 Å². The predicted octanol–water partition coefficient (Wildman–Crippen LogP) is 5.51. The van der Waals surface area contributed by atoms with Crippen LogP contribution in [-0.2, 0) is 6.42 Å². The number of pyridine rings is 2. The van der Waals surface area contributed by atoms with Crippen LogP contribution >= 0.6 is 0 Å². The Hall–Kier alpha value is -2.80. The third-order valence-corrected chi connectivity index (χ3v) is 8.67. The molecule has 190 valence electrons. The van der Waals surface area contributed by atoms with Crippen molar-refractivity contribution in [1.29, 1.82) is 0 Å². The molecule has 7 heteroatoms. The van der Waals surface area contributed by atoms with E-state index in [-0.39, 0.29) is 11.6 Å². The van der Waals surface area contributed by atoms with Crippen molar-refractivity contribution >= 4 is 22.8 Å². The summed E-state index contributed by atoms with van der Waals surface area (Å²) < 4.78 is 1.95. The van der Waals surface area contributed by atoms with Gasteiger partial charge in [0.15, 0.2) is 0 Å². The summed E-state index contributed by atoms with van der Waals surface area (Å²) in [7, 11) is 0. The minimum atomic E-state index is 0.115. The van der Waals surface area contributed by atoms with E-state index in [1.165, 1.54) is 63.7 Å². The Morgan fingerprint density at radius 1 is 1.00 bits per heavy atom. The third-order valence-electron chi connectivity index (χ3n) is 8.67. The molecule has 7 nitrogen and oxygen atoms in total. The van der Waals surface area contributed by atoms with Gasteiger partial charge in [0.2, 0.25) is 5.95 Å². The van der Waals surface area contributed by atoms with Crippen LogP contribution in [0.15, 0.2) is 29.3 Å². The molecular weight excluding hydrogens is 448 g/mol. The average Bonchev–Trinajstić information content (AvgIpc) is 3.55. The van der Waals surface area contributed by atoms with Gasteiger partial charge >= 0.3 is 0 Å². The lowest BCUT2D eigenvalue weighted by atomic mass is 9.90. The molecule has 6 rings (SSSR count). The Kier molecular flexibility index (Phi) is 6.50. The first kappa shape index (κ1) is 23.6. The maximum Gasteiger partial charge on any atom is 0.255 e. The highest BCUT2D eigenvalue weighted by molar-refractivity contribution is 5.80. The van der Waals surface area contributed by atoms with E-state index in [9.17, 15) is 4.79 Å². The van der Waals surface area contributed by atoms with Crippen LogP contribution in [0.1, 0.15) is 86.9 Å². The van der Waals surface area contributed by atoms with Crippen LogP contribution in [0.25, 0.3) is 11.0 Å². The zero-order chi connectivity index (χ0) is 24.6. The topological polar surface area (TPSA) is 75.9 Å². The summed E-state index contributed by atoms with van der Waals surface area (Å²) in [6.45, 7) is 7.78. The number of hydrogen-bond acceptors (Lipinski definition) is 6. The van der Waals surface area contributed by atoms with Gasteiger partial charge in [0.25, 0.3) is 5.56 Å². The van der Waals surface area contributed by atoms with Crippen molar-refractivity contribution in [3.05, 3.63) is 51.6 Å². The fraction of sp³-hybridized carbons (Fsp3) is 0.586. The van der Waals surface area contributed by atoms with Gasteiger partial charge in [-0.05, 0) is 94.0 Å². The molecule has 1 N–H and O–H groups in total. The standard InChI is InChI=1S/C29H38N6O/c1-3-24-19(2)25-17-31-29(33-27(25)35(28(24)36)23-6-4-5-7-23)32-26-11-10-22(16-30-26)21-12-14-34(15-13-21)18-20-8-9-20/h10-11,16-17,20-21,23H,3-9,12-15,18H2,1-2H3,(H,30,31,32,33). The Bertz CT molecular complexity index is 1280. The molecular formula is C29H38N6O. The number of hydrogen-bond donors (Lipinski definition) is 1. The first-order chi connectivity index (χ1) is 17.6. The van der Waals surface area contributed by atoms with Crippen LogP contribution in [0, 0.1) is 12.8 Å². The lowest BCUT2D eigenvalue weighted by Gasteiger charge is -2.32. The van der Waals surface area contributed by atoms with Crippen molar-refractivity contribution in [2.75, 3.05) is 25.0 Å². The first-order valence-electron chi connectivity index (χ1n) is 14.0. The maximum absolute atomic E-state index is 13.4. The largest absolute Gasteiger partial charge is 0.309 e. The second-order valence-electron chi connectivity index (χ2n) is 11.1. The second kappa shape index (κ2) is 9.92. The molecule has 0 aromatic carbocycles. The predicted molar refractivity (Wildman–Crippen MR) is 144 cm³/mol. The van der Waals surface area contributed by atoms with Gasteiger partial charge < -0.3 is 10.2 Å². The number of likely N-dealkylation sites (tertiary alicyclic amines) is 1. The summed E-state index contributed by atoms with van der Waals surface area (Å²) in [6.07, 6.45) is 14.3. The van der Waals surface area contributed by atoms with Crippen LogP contribution in [0.3, 0.4) is 0 Å². The normalized spacial score (nSPS) is 19.8. The summed E-state index contributed by atoms with van der Waals surface area (Å²) in [6, 6.07) is 4.46. The zero-order valence-electron chi connectivity index (χ0n) is 21.7. The van der Waals surface area contributed by atoms with E-state index in [2.05, 4.69) is 28.2 Å². The fourth-order valence-electron chi connectivity index (χ4n) is 6.31. The average molecular weight is 487 g/mol. The monoisotopic (exact) mass is 486 g/mol. The van der Waals surface area contributed by atoms with Gasteiger partial charge in [-0.15, -0.1) is 0 Å². The molecule has 0 bridgehead atoms. The molecule has 4 heterocycles. The fourth-order valence-corrected chi connectivity index (χ4v) is 6.31. The molecule has 1 aliphatic heterocycles. The van der Waals surface area contributed by atoms with Crippen molar-refractivity contribution in [2.45, 2.75) is 83.6 Å². The highest BCUT2D eigenvalue weighted by Crippen LogP contribution is 2.34. The van der Waals surface area contributed by atoms with Crippen LogP contribution < -0.4 is 10.9 Å². The Balaban J connectivity index is 1.21. The van der Waals surface area contributed by atoms with Gasteiger partial charge in [-0.1, -0.05) is 25.8 Å². The van der Waals surface area contributed by atoms with Crippen LogP contribution in [0.5, 0.6) is 0 Å². The van der Waals surface area contributed by atoms with Crippen LogP contribution in [0.4, 0.5) is 11.8 Å². The minimum absolute atomic E-state index is 0.115. The van der Waals surface area contributed by atoms with Gasteiger partial charge in [0, 0.05) is 35.9 Å². The van der Waals surface area contributed by atoms with Gasteiger partial charge in [-0.3, -0.25) is 9.36 Å². The lowest BCUT2D eigenvalue weighted by molar-refractivity contribution is 0.204. The summed E-state index contributed by atoms with van der Waals surface area (Å²) in [5.74, 6) is 2.79. The highest BCUT2D eigenvalue weighted by Gasteiger charge is 2.28. The third kappa shape index (κ3) is 4.65. The Morgan fingerprint density at radius 2 is 1.78 bits per heavy atom. The molecule has 2 aliphatic carbocycles. The smallest absolute Gasteiger partial charge is 0.255 e. The number of nitrogens with one attached hydrogen (secondary N) is 1. The maximum atomic E-state index is 13.4. The summed E-state index contributed by atoms with van der Waals surface area (Å²) in [5.41, 5.74) is 4.07. The van der Waals surface area contributed by atoms with Crippen molar-refractivity contribution in [1.82, 2.24) is 24.4 Å². The first-order valence-corrected chi connectivity index (χ1v) is 14.0. The highest BCUT2D eigenvalue weighted by atomic mass is 16.1. The number of aryl methyl sites for hydroxylation is 1. The number of aromatic nitrogens is 4. The van der Waals surface area contributed by atoms with Gasteiger partial charge in [0.05, 0.1) is 0 Å². The van der Waals surface area contributed by atoms with E-state index in [1.807, 2.05) is 30.0 Å². The van der Waals surface area contributed by atoms with Crippen molar-refractivity contribution in [3.8, 4) is 0 Å². The molecule has 3 aliphatic rings. The van der Waals surface area contributed by atoms with E-state index in [1.54, 1.807) is 0 Å². The number of fused-ring (bicyclic) bond motifs is 1. The van der Waals surface area contributed by atoms with E-state index in [4.69, 9.17) is 9.97 Å². The zero-order valence-corrected chi connectivity index (χ0v) is 21.7. The molecule has 0 amide bonds. The molecule has 3 aromatic heterocycles. The molecule has 0 spiro atoms. The number of piperidine rings is 1. The Labute approximate surface area is 213 Å². The summed E-state index contributed by atoms with van der Waals surface area (Å²) in [5, 5.41) is 4.26. The molecule has 3 aromatic rings. The molecule has 0 atom stereocenters. The molecule has 1 saturated heterocycles. The van der Waals surface area contributed by atoms with Crippen LogP contribution in [-0.4, -0.2) is 44.1 Å². The van der Waals surface area contributed by atoms with E-state index >= 15 is 0 Å².